The van der Waals surface area contributed by atoms with E-state index in [0.29, 0.717) is 12.1 Å². The van der Waals surface area contributed by atoms with E-state index in [-0.39, 0.29) is 11.6 Å². The molecule has 0 aromatic heterocycles. The van der Waals surface area contributed by atoms with Gasteiger partial charge in [-0.15, -0.1) is 0 Å². The summed E-state index contributed by atoms with van der Waals surface area (Å²) in [7, 11) is 0. The van der Waals surface area contributed by atoms with E-state index in [1.165, 1.54) is 18.3 Å². The standard InChI is InChI=1S/C13H16N4O3S/c18-13(10-16-5-7-21-8-6-16)15-14-9-11-1-3-12(4-2-11)17(19)20/h1-4,9H,5-8,10H2,(H,15,18)/b14-9-. The highest BCUT2D eigenvalue weighted by Crippen LogP contribution is 2.10. The molecule has 1 fully saturated rings. The molecule has 1 aliphatic heterocycles. The Morgan fingerprint density at radius 1 is 1.38 bits per heavy atom. The zero-order valence-corrected chi connectivity index (χ0v) is 12.2. The van der Waals surface area contributed by atoms with Crippen LogP contribution in [0.3, 0.4) is 0 Å². The molecule has 7 nitrogen and oxygen atoms in total. The number of nitrogens with zero attached hydrogens (tertiary/aromatic N) is 3. The number of nitrogens with one attached hydrogen (secondary N) is 1. The topological polar surface area (TPSA) is 87.8 Å². The Morgan fingerprint density at radius 3 is 2.67 bits per heavy atom. The monoisotopic (exact) mass is 308 g/mol. The summed E-state index contributed by atoms with van der Waals surface area (Å²) in [6.07, 6.45) is 1.47. The van der Waals surface area contributed by atoms with Crippen molar-refractivity contribution in [1.29, 1.82) is 0 Å². The lowest BCUT2D eigenvalue weighted by Gasteiger charge is -2.24. The highest BCUT2D eigenvalue weighted by Gasteiger charge is 2.13. The number of rotatable bonds is 5. The van der Waals surface area contributed by atoms with Gasteiger partial charge in [-0.25, -0.2) is 5.43 Å². The van der Waals surface area contributed by atoms with Crippen molar-refractivity contribution in [1.82, 2.24) is 10.3 Å². The fourth-order valence-corrected chi connectivity index (χ4v) is 2.84. The molecular weight excluding hydrogens is 292 g/mol. The molecule has 1 saturated heterocycles. The second-order valence-corrected chi connectivity index (χ2v) is 5.76. The molecule has 0 unspecified atom stereocenters. The van der Waals surface area contributed by atoms with Crippen LogP contribution in [0.15, 0.2) is 29.4 Å². The van der Waals surface area contributed by atoms with E-state index in [1.54, 1.807) is 12.1 Å². The molecule has 2 rings (SSSR count). The van der Waals surface area contributed by atoms with E-state index in [1.807, 2.05) is 11.8 Å². The number of hydrogen-bond donors (Lipinski definition) is 1. The van der Waals surface area contributed by atoms with Gasteiger partial charge < -0.3 is 0 Å². The fraction of sp³-hybridized carbons (Fsp3) is 0.385. The van der Waals surface area contributed by atoms with Gasteiger partial charge in [-0.2, -0.15) is 16.9 Å². The zero-order valence-electron chi connectivity index (χ0n) is 11.4. The number of carbonyl (C=O) groups excluding carboxylic acids is 1. The first-order valence-corrected chi connectivity index (χ1v) is 7.67. The van der Waals surface area contributed by atoms with E-state index < -0.39 is 4.92 Å². The molecule has 0 bridgehead atoms. The van der Waals surface area contributed by atoms with Crippen LogP contribution in [-0.2, 0) is 4.79 Å². The van der Waals surface area contributed by atoms with Gasteiger partial charge in [0.15, 0.2) is 0 Å². The van der Waals surface area contributed by atoms with Gasteiger partial charge in [-0.1, -0.05) is 0 Å². The lowest BCUT2D eigenvalue weighted by atomic mass is 10.2. The maximum atomic E-state index is 11.7. The van der Waals surface area contributed by atoms with Crippen LogP contribution >= 0.6 is 11.8 Å². The number of nitro benzene ring substituents is 1. The summed E-state index contributed by atoms with van der Waals surface area (Å²) in [5.41, 5.74) is 3.18. The third-order valence-electron chi connectivity index (χ3n) is 2.98. The van der Waals surface area contributed by atoms with Gasteiger partial charge in [0, 0.05) is 36.7 Å². The van der Waals surface area contributed by atoms with Gasteiger partial charge in [0.2, 0.25) is 0 Å². The van der Waals surface area contributed by atoms with Crippen molar-refractivity contribution in [3.8, 4) is 0 Å². The molecule has 0 atom stereocenters. The molecule has 21 heavy (non-hydrogen) atoms. The van der Waals surface area contributed by atoms with Crippen LogP contribution in [0.25, 0.3) is 0 Å². The molecule has 8 heteroatoms. The van der Waals surface area contributed by atoms with Gasteiger partial charge in [0.25, 0.3) is 11.6 Å². The Hall–Kier alpha value is -1.93. The largest absolute Gasteiger partial charge is 0.293 e. The van der Waals surface area contributed by atoms with Crippen LogP contribution < -0.4 is 5.43 Å². The molecule has 0 aliphatic carbocycles. The molecule has 1 aromatic rings. The van der Waals surface area contributed by atoms with Gasteiger partial charge >= 0.3 is 0 Å². The summed E-state index contributed by atoms with van der Waals surface area (Å²) in [6.45, 7) is 2.19. The summed E-state index contributed by atoms with van der Waals surface area (Å²) >= 11 is 1.89. The first kappa shape index (κ1) is 15.5. The number of non-ortho nitro benzene ring substituents is 1. The number of benzene rings is 1. The minimum Gasteiger partial charge on any atom is -0.293 e. The third-order valence-corrected chi connectivity index (χ3v) is 3.92. The number of hydrogen-bond acceptors (Lipinski definition) is 6. The van der Waals surface area contributed by atoms with Crippen molar-refractivity contribution >= 4 is 29.6 Å². The summed E-state index contributed by atoms with van der Waals surface area (Å²) in [5, 5.41) is 14.4. The highest BCUT2D eigenvalue weighted by atomic mass is 32.2. The number of hydrazone groups is 1. The van der Waals surface area contributed by atoms with Crippen molar-refractivity contribution in [3.05, 3.63) is 39.9 Å². The van der Waals surface area contributed by atoms with Crippen molar-refractivity contribution in [2.45, 2.75) is 0 Å². The Bertz CT molecular complexity index is 527. The predicted molar refractivity (Wildman–Crippen MR) is 82.6 cm³/mol. The maximum absolute atomic E-state index is 11.7. The van der Waals surface area contributed by atoms with E-state index in [9.17, 15) is 14.9 Å². The smallest absolute Gasteiger partial charge is 0.269 e. The van der Waals surface area contributed by atoms with E-state index in [0.717, 1.165) is 24.6 Å². The first-order valence-electron chi connectivity index (χ1n) is 6.51. The molecule has 0 radical (unpaired) electrons. The molecule has 1 N–H and O–H groups in total. The maximum Gasteiger partial charge on any atom is 0.269 e. The molecule has 1 heterocycles. The molecular formula is C13H16N4O3S. The first-order chi connectivity index (χ1) is 10.1. The van der Waals surface area contributed by atoms with Crippen LogP contribution in [0.5, 0.6) is 0 Å². The Kier molecular flexibility index (Phi) is 5.70. The van der Waals surface area contributed by atoms with Crippen molar-refractivity contribution in [3.63, 3.8) is 0 Å². The van der Waals surface area contributed by atoms with Crippen molar-refractivity contribution in [2.24, 2.45) is 5.10 Å². The van der Waals surface area contributed by atoms with Gasteiger partial charge in [0.1, 0.15) is 0 Å². The molecule has 1 amide bonds. The van der Waals surface area contributed by atoms with E-state index in [2.05, 4.69) is 15.4 Å². The number of thioether (sulfide) groups is 1. The molecule has 0 spiro atoms. The van der Waals surface area contributed by atoms with Crippen LogP contribution in [0.1, 0.15) is 5.56 Å². The normalized spacial score (nSPS) is 16.0. The zero-order chi connectivity index (χ0) is 15.1. The summed E-state index contributed by atoms with van der Waals surface area (Å²) < 4.78 is 0. The SMILES string of the molecule is O=C(CN1CCSCC1)N/N=C\c1ccc([N+](=O)[O-])cc1. The molecule has 0 saturated carbocycles. The average molecular weight is 308 g/mol. The minimum absolute atomic E-state index is 0.0270. The highest BCUT2D eigenvalue weighted by molar-refractivity contribution is 7.99. The molecule has 1 aromatic carbocycles. The van der Waals surface area contributed by atoms with Gasteiger partial charge in [-0.05, 0) is 17.7 Å². The molecule has 1 aliphatic rings. The van der Waals surface area contributed by atoms with Crippen LogP contribution in [-0.4, -0.2) is 53.1 Å². The Balaban J connectivity index is 1.78. The summed E-state index contributed by atoms with van der Waals surface area (Å²) in [5.74, 6) is 1.96. The minimum atomic E-state index is -0.459. The van der Waals surface area contributed by atoms with Crippen molar-refractivity contribution in [2.75, 3.05) is 31.1 Å². The number of carbonyl (C=O) groups is 1. The fourth-order valence-electron chi connectivity index (χ4n) is 1.86. The summed E-state index contributed by atoms with van der Waals surface area (Å²) in [4.78, 5) is 23.8. The predicted octanol–water partition coefficient (Wildman–Crippen LogP) is 1.09. The van der Waals surface area contributed by atoms with Crippen molar-refractivity contribution < 1.29 is 9.72 Å². The van der Waals surface area contributed by atoms with Crippen LogP contribution in [0.4, 0.5) is 5.69 Å². The van der Waals surface area contributed by atoms with Gasteiger partial charge in [-0.3, -0.25) is 19.8 Å². The summed E-state index contributed by atoms with van der Waals surface area (Å²) in [6, 6.07) is 5.95. The Morgan fingerprint density at radius 2 is 2.05 bits per heavy atom. The lowest BCUT2D eigenvalue weighted by molar-refractivity contribution is -0.384. The van der Waals surface area contributed by atoms with Crippen LogP contribution in [0.2, 0.25) is 0 Å². The number of amides is 1. The van der Waals surface area contributed by atoms with Gasteiger partial charge in [0.05, 0.1) is 17.7 Å². The molecule has 112 valence electrons. The third kappa shape index (κ3) is 5.16. The van der Waals surface area contributed by atoms with Crippen LogP contribution in [0, 0.1) is 10.1 Å². The van der Waals surface area contributed by atoms with E-state index >= 15 is 0 Å². The lowest BCUT2D eigenvalue weighted by Crippen LogP contribution is -2.40. The quantitative estimate of drug-likeness (QED) is 0.500. The second-order valence-electron chi connectivity index (χ2n) is 4.53. The van der Waals surface area contributed by atoms with E-state index in [4.69, 9.17) is 0 Å². The number of nitro groups is 1. The average Bonchev–Trinajstić information content (AvgIpc) is 2.49. The Labute approximate surface area is 126 Å². The second kappa shape index (κ2) is 7.75.